The van der Waals surface area contributed by atoms with Crippen LogP contribution in [0.5, 0.6) is 0 Å². The van der Waals surface area contributed by atoms with E-state index in [2.05, 4.69) is 112 Å². The fourth-order valence-electron chi connectivity index (χ4n) is 5.95. The summed E-state index contributed by atoms with van der Waals surface area (Å²) in [5.74, 6) is -0.995. The first kappa shape index (κ1) is 54.3. The number of rotatable bonds is 40. The molecule has 0 aliphatic heterocycles. The molecule has 0 bridgehead atoms. The SMILES string of the molecule is CC\C=C/C=C\C=C/CCCCCCCC(=O)OC(COC(=O)CCCC/C=C\C/C=C\CC)COC(=O)CCCCCCC\C=C/C=C\C=C/CCCCCCC. The second-order valence-electron chi connectivity index (χ2n) is 15.0. The number of esters is 3. The molecule has 6 heteroatoms. The zero-order valence-electron chi connectivity index (χ0n) is 37.3. The predicted molar refractivity (Wildman–Crippen MR) is 247 cm³/mol. The normalized spacial score (nSPS) is 12.9. The van der Waals surface area contributed by atoms with E-state index in [0.29, 0.717) is 19.3 Å². The van der Waals surface area contributed by atoms with Crippen LogP contribution in [0.4, 0.5) is 0 Å². The minimum Gasteiger partial charge on any atom is -0.462 e. The van der Waals surface area contributed by atoms with Crippen LogP contribution in [0.2, 0.25) is 0 Å². The van der Waals surface area contributed by atoms with E-state index in [1.807, 2.05) is 6.08 Å². The zero-order chi connectivity index (χ0) is 42.3. The Morgan fingerprint density at radius 1 is 0.379 bits per heavy atom. The van der Waals surface area contributed by atoms with Crippen LogP contribution in [0, 0.1) is 0 Å². The van der Waals surface area contributed by atoms with Crippen molar-refractivity contribution in [1.29, 1.82) is 0 Å². The molecule has 0 aliphatic rings. The highest BCUT2D eigenvalue weighted by atomic mass is 16.6. The molecule has 0 N–H and O–H groups in total. The Morgan fingerprint density at radius 3 is 1.26 bits per heavy atom. The van der Waals surface area contributed by atoms with Gasteiger partial charge in [-0.05, 0) is 89.9 Å². The summed E-state index contributed by atoms with van der Waals surface area (Å²) in [5, 5.41) is 0. The van der Waals surface area contributed by atoms with Crippen LogP contribution in [0.1, 0.15) is 194 Å². The van der Waals surface area contributed by atoms with Gasteiger partial charge in [0.2, 0.25) is 0 Å². The lowest BCUT2D eigenvalue weighted by atomic mass is 10.1. The number of hydrogen-bond donors (Lipinski definition) is 0. The monoisotopic (exact) mass is 805 g/mol. The standard InChI is InChI=1S/C52H84O6/c1-4-7-10-13-16-19-21-23-24-25-26-27-29-30-33-36-39-42-45-51(54)57-48-49(47-56-50(53)44-41-38-35-32-18-15-12-9-6-3)58-52(55)46-43-40-37-34-31-28-22-20-17-14-11-8-5-2/h8-9,11-12,14,17-18,20-27,32,49H,4-7,10,13,15-16,19,28-31,33-48H2,1-3H3/b11-8-,12-9-,17-14-,22-20-,23-21-,25-24-,27-26-,32-18-. The van der Waals surface area contributed by atoms with Gasteiger partial charge in [-0.25, -0.2) is 0 Å². The summed E-state index contributed by atoms with van der Waals surface area (Å²) >= 11 is 0. The molecule has 58 heavy (non-hydrogen) atoms. The Balaban J connectivity index is 4.45. The Hall–Kier alpha value is -3.67. The van der Waals surface area contributed by atoms with E-state index in [1.54, 1.807) is 0 Å². The largest absolute Gasteiger partial charge is 0.462 e. The molecule has 0 rings (SSSR count). The average molecular weight is 805 g/mol. The van der Waals surface area contributed by atoms with Gasteiger partial charge in [0.15, 0.2) is 6.10 Å². The number of allylic oxidation sites excluding steroid dienone is 16. The highest BCUT2D eigenvalue weighted by molar-refractivity contribution is 5.71. The van der Waals surface area contributed by atoms with Crippen LogP contribution < -0.4 is 0 Å². The van der Waals surface area contributed by atoms with Crippen molar-refractivity contribution < 1.29 is 28.6 Å². The molecule has 1 atom stereocenters. The van der Waals surface area contributed by atoms with Gasteiger partial charge in [-0.15, -0.1) is 0 Å². The van der Waals surface area contributed by atoms with Crippen LogP contribution in [0.15, 0.2) is 97.2 Å². The lowest BCUT2D eigenvalue weighted by Crippen LogP contribution is -2.30. The molecule has 0 radical (unpaired) electrons. The molecule has 0 aliphatic carbocycles. The van der Waals surface area contributed by atoms with Gasteiger partial charge in [-0.3, -0.25) is 14.4 Å². The molecular weight excluding hydrogens is 721 g/mol. The highest BCUT2D eigenvalue weighted by Crippen LogP contribution is 2.12. The number of carbonyl (C=O) groups excluding carboxylic acids is 3. The van der Waals surface area contributed by atoms with Crippen molar-refractivity contribution in [2.24, 2.45) is 0 Å². The first-order chi connectivity index (χ1) is 28.5. The van der Waals surface area contributed by atoms with Gasteiger partial charge in [-0.1, -0.05) is 182 Å². The van der Waals surface area contributed by atoms with Crippen LogP contribution in [0.25, 0.3) is 0 Å². The summed E-state index contributed by atoms with van der Waals surface area (Å²) < 4.78 is 16.6. The van der Waals surface area contributed by atoms with Gasteiger partial charge in [0.05, 0.1) is 0 Å². The lowest BCUT2D eigenvalue weighted by Gasteiger charge is -2.18. The van der Waals surface area contributed by atoms with Gasteiger partial charge < -0.3 is 14.2 Å². The molecule has 0 fully saturated rings. The van der Waals surface area contributed by atoms with Crippen LogP contribution in [-0.4, -0.2) is 37.2 Å². The number of hydrogen-bond acceptors (Lipinski definition) is 6. The Labute approximate surface area is 356 Å². The third-order valence-corrected chi connectivity index (χ3v) is 9.43. The van der Waals surface area contributed by atoms with Crippen molar-refractivity contribution in [3.63, 3.8) is 0 Å². The van der Waals surface area contributed by atoms with Crippen molar-refractivity contribution in [3.8, 4) is 0 Å². The van der Waals surface area contributed by atoms with Crippen molar-refractivity contribution >= 4 is 17.9 Å². The molecule has 0 saturated heterocycles. The molecule has 328 valence electrons. The average Bonchev–Trinajstić information content (AvgIpc) is 3.22. The summed E-state index contributed by atoms with van der Waals surface area (Å²) in [6.45, 7) is 6.27. The van der Waals surface area contributed by atoms with Gasteiger partial charge >= 0.3 is 17.9 Å². The van der Waals surface area contributed by atoms with E-state index in [-0.39, 0.29) is 31.1 Å². The molecule has 0 aromatic heterocycles. The maximum Gasteiger partial charge on any atom is 0.306 e. The van der Waals surface area contributed by atoms with Crippen molar-refractivity contribution in [2.45, 2.75) is 200 Å². The summed E-state index contributed by atoms with van der Waals surface area (Å²) in [7, 11) is 0. The van der Waals surface area contributed by atoms with E-state index in [9.17, 15) is 14.4 Å². The molecule has 1 unspecified atom stereocenters. The van der Waals surface area contributed by atoms with Gasteiger partial charge in [-0.2, -0.15) is 0 Å². The van der Waals surface area contributed by atoms with Crippen molar-refractivity contribution in [2.75, 3.05) is 13.2 Å². The Kier molecular flexibility index (Phi) is 43.1. The van der Waals surface area contributed by atoms with Crippen molar-refractivity contribution in [1.82, 2.24) is 0 Å². The van der Waals surface area contributed by atoms with E-state index >= 15 is 0 Å². The van der Waals surface area contributed by atoms with Crippen LogP contribution in [-0.2, 0) is 28.6 Å². The van der Waals surface area contributed by atoms with Gasteiger partial charge in [0.25, 0.3) is 0 Å². The van der Waals surface area contributed by atoms with E-state index in [1.165, 1.54) is 32.1 Å². The zero-order valence-corrected chi connectivity index (χ0v) is 37.3. The summed E-state index contributed by atoms with van der Waals surface area (Å²) in [5.41, 5.74) is 0. The van der Waals surface area contributed by atoms with Gasteiger partial charge in [0.1, 0.15) is 13.2 Å². The van der Waals surface area contributed by atoms with E-state index in [0.717, 1.165) is 122 Å². The number of ether oxygens (including phenoxy) is 3. The third-order valence-electron chi connectivity index (χ3n) is 9.43. The molecule has 0 aromatic carbocycles. The summed E-state index contributed by atoms with van der Waals surface area (Å²) in [6.07, 6.45) is 59.7. The second kappa shape index (κ2) is 46.0. The second-order valence-corrected chi connectivity index (χ2v) is 15.0. The molecule has 6 nitrogen and oxygen atoms in total. The highest BCUT2D eigenvalue weighted by Gasteiger charge is 2.19. The van der Waals surface area contributed by atoms with E-state index < -0.39 is 6.10 Å². The summed E-state index contributed by atoms with van der Waals surface area (Å²) in [6, 6.07) is 0. The Bertz CT molecular complexity index is 1200. The first-order valence-electron chi connectivity index (χ1n) is 23.3. The number of carbonyl (C=O) groups is 3. The Morgan fingerprint density at radius 2 is 0.759 bits per heavy atom. The molecule has 0 heterocycles. The number of unbranched alkanes of at least 4 members (excludes halogenated alkanes) is 17. The minimum absolute atomic E-state index is 0.109. The topological polar surface area (TPSA) is 78.9 Å². The van der Waals surface area contributed by atoms with Gasteiger partial charge in [0, 0.05) is 19.3 Å². The van der Waals surface area contributed by atoms with Crippen LogP contribution in [0.3, 0.4) is 0 Å². The lowest BCUT2D eigenvalue weighted by molar-refractivity contribution is -0.167. The smallest absolute Gasteiger partial charge is 0.306 e. The molecular formula is C52H84O6. The maximum atomic E-state index is 12.7. The molecule has 0 amide bonds. The fraction of sp³-hybridized carbons (Fsp3) is 0.635. The van der Waals surface area contributed by atoms with Crippen LogP contribution >= 0.6 is 0 Å². The predicted octanol–water partition coefficient (Wildman–Crippen LogP) is 15.0. The maximum absolute atomic E-state index is 12.7. The molecule has 0 saturated carbocycles. The quantitative estimate of drug-likeness (QED) is 0.0202. The fourth-order valence-corrected chi connectivity index (χ4v) is 5.95. The molecule has 0 spiro atoms. The van der Waals surface area contributed by atoms with Crippen molar-refractivity contribution in [3.05, 3.63) is 97.2 Å². The first-order valence-corrected chi connectivity index (χ1v) is 23.3. The molecule has 0 aromatic rings. The third kappa shape index (κ3) is 43.5. The minimum atomic E-state index is -0.808. The summed E-state index contributed by atoms with van der Waals surface area (Å²) in [4.78, 5) is 37.7. The van der Waals surface area contributed by atoms with E-state index in [4.69, 9.17) is 14.2 Å².